The first-order valence-corrected chi connectivity index (χ1v) is 7.76. The van der Waals surface area contributed by atoms with E-state index in [0.29, 0.717) is 12.5 Å². The number of amides is 1. The summed E-state index contributed by atoms with van der Waals surface area (Å²) < 4.78 is 0. The van der Waals surface area contributed by atoms with Gasteiger partial charge in [-0.25, -0.2) is 0 Å². The fourth-order valence-corrected chi connectivity index (χ4v) is 3.35. The maximum atomic E-state index is 12.0. The van der Waals surface area contributed by atoms with Crippen LogP contribution in [-0.4, -0.2) is 25.0 Å². The summed E-state index contributed by atoms with van der Waals surface area (Å²) in [5, 5.41) is 6.54. The second-order valence-electron chi connectivity index (χ2n) is 6.37. The number of aryl methyl sites for hydroxylation is 1. The molecule has 1 aromatic rings. The van der Waals surface area contributed by atoms with Crippen molar-refractivity contribution >= 4 is 5.91 Å². The monoisotopic (exact) mass is 272 g/mol. The van der Waals surface area contributed by atoms with Crippen LogP contribution in [0.4, 0.5) is 0 Å². The van der Waals surface area contributed by atoms with Gasteiger partial charge in [0, 0.05) is 24.4 Å². The van der Waals surface area contributed by atoms with Gasteiger partial charge < -0.3 is 10.6 Å². The van der Waals surface area contributed by atoms with E-state index >= 15 is 0 Å². The van der Waals surface area contributed by atoms with E-state index in [9.17, 15) is 4.79 Å². The minimum atomic E-state index is 0.198. The van der Waals surface area contributed by atoms with Crippen LogP contribution in [-0.2, 0) is 10.2 Å². The third-order valence-corrected chi connectivity index (χ3v) is 4.79. The molecule has 1 aromatic carbocycles. The molecule has 108 valence electrons. The van der Waals surface area contributed by atoms with Crippen LogP contribution >= 0.6 is 0 Å². The van der Waals surface area contributed by atoms with Crippen LogP contribution in [0.3, 0.4) is 0 Å². The molecule has 0 spiro atoms. The van der Waals surface area contributed by atoms with E-state index in [0.717, 1.165) is 19.5 Å². The lowest BCUT2D eigenvalue weighted by Crippen LogP contribution is -2.36. The van der Waals surface area contributed by atoms with Crippen LogP contribution in [0.5, 0.6) is 0 Å². The third-order valence-electron chi connectivity index (χ3n) is 4.79. The molecule has 3 nitrogen and oxygen atoms in total. The summed E-state index contributed by atoms with van der Waals surface area (Å²) in [6.45, 7) is 4.02. The van der Waals surface area contributed by atoms with Crippen LogP contribution < -0.4 is 10.6 Å². The van der Waals surface area contributed by atoms with E-state index in [4.69, 9.17) is 0 Å². The molecule has 0 aromatic heterocycles. The molecule has 2 N–H and O–H groups in total. The summed E-state index contributed by atoms with van der Waals surface area (Å²) in [5.41, 5.74) is 2.97. The summed E-state index contributed by atoms with van der Waals surface area (Å²) in [5.74, 6) is 0.198. The minimum Gasteiger partial charge on any atom is -0.355 e. The van der Waals surface area contributed by atoms with Crippen LogP contribution in [0.15, 0.2) is 24.3 Å². The Morgan fingerprint density at radius 3 is 2.85 bits per heavy atom. The largest absolute Gasteiger partial charge is 0.355 e. The van der Waals surface area contributed by atoms with Gasteiger partial charge in [-0.15, -0.1) is 0 Å². The van der Waals surface area contributed by atoms with Crippen molar-refractivity contribution < 1.29 is 4.79 Å². The van der Waals surface area contributed by atoms with E-state index in [2.05, 4.69) is 41.8 Å². The highest BCUT2D eigenvalue weighted by atomic mass is 16.1. The van der Waals surface area contributed by atoms with E-state index in [1.807, 2.05) is 0 Å². The third kappa shape index (κ3) is 2.88. The Hall–Kier alpha value is -1.35. The lowest BCUT2D eigenvalue weighted by atomic mass is 9.92. The van der Waals surface area contributed by atoms with E-state index in [1.165, 1.54) is 30.4 Å². The first-order chi connectivity index (χ1) is 9.70. The topological polar surface area (TPSA) is 41.1 Å². The van der Waals surface area contributed by atoms with Crippen molar-refractivity contribution in [2.45, 2.75) is 50.5 Å². The molecule has 2 fully saturated rings. The Kier molecular flexibility index (Phi) is 3.79. The predicted molar refractivity (Wildman–Crippen MR) is 80.7 cm³/mol. The molecule has 1 unspecified atom stereocenters. The zero-order valence-corrected chi connectivity index (χ0v) is 12.2. The molecule has 3 heteroatoms. The van der Waals surface area contributed by atoms with Crippen molar-refractivity contribution in [2.75, 3.05) is 13.1 Å². The van der Waals surface area contributed by atoms with Crippen molar-refractivity contribution in [1.29, 1.82) is 0 Å². The van der Waals surface area contributed by atoms with E-state index in [-0.39, 0.29) is 11.3 Å². The van der Waals surface area contributed by atoms with Gasteiger partial charge in [-0.1, -0.05) is 24.3 Å². The smallest absolute Gasteiger partial charge is 0.221 e. The molecule has 0 bridgehead atoms. The molecule has 1 aliphatic carbocycles. The van der Waals surface area contributed by atoms with Gasteiger partial charge in [-0.2, -0.15) is 0 Å². The molecular weight excluding hydrogens is 248 g/mol. The van der Waals surface area contributed by atoms with E-state index in [1.54, 1.807) is 0 Å². The molecule has 1 saturated heterocycles. The van der Waals surface area contributed by atoms with Gasteiger partial charge in [0.25, 0.3) is 0 Å². The molecule has 0 radical (unpaired) electrons. The number of benzene rings is 1. The molecule has 3 rings (SSSR count). The number of nitrogens with one attached hydrogen (secondary N) is 2. The van der Waals surface area contributed by atoms with Gasteiger partial charge in [0.15, 0.2) is 0 Å². The molecule has 20 heavy (non-hydrogen) atoms. The van der Waals surface area contributed by atoms with Crippen LogP contribution in [0, 0.1) is 6.92 Å². The first-order valence-electron chi connectivity index (χ1n) is 7.76. The maximum absolute atomic E-state index is 12.0. The van der Waals surface area contributed by atoms with Crippen molar-refractivity contribution in [3.8, 4) is 0 Å². The van der Waals surface area contributed by atoms with Crippen molar-refractivity contribution in [3.63, 3.8) is 0 Å². The normalized spacial score (nSPS) is 23.6. The zero-order chi connectivity index (χ0) is 14.0. The lowest BCUT2D eigenvalue weighted by Gasteiger charge is -2.19. The number of carbonyl (C=O) groups excluding carboxylic acids is 1. The molecule has 1 atom stereocenters. The minimum absolute atomic E-state index is 0.198. The average Bonchev–Trinajstić information content (AvgIpc) is 3.06. The fourth-order valence-electron chi connectivity index (χ4n) is 3.35. The predicted octanol–water partition coefficient (Wildman–Crippen LogP) is 2.28. The van der Waals surface area contributed by atoms with Crippen LogP contribution in [0.25, 0.3) is 0 Å². The second-order valence-corrected chi connectivity index (χ2v) is 6.37. The quantitative estimate of drug-likeness (QED) is 0.863. The molecule has 1 saturated carbocycles. The Morgan fingerprint density at radius 2 is 2.20 bits per heavy atom. The van der Waals surface area contributed by atoms with Gasteiger partial charge in [0.05, 0.1) is 0 Å². The Morgan fingerprint density at radius 1 is 1.40 bits per heavy atom. The molecular formula is C17H24N2O. The fraction of sp³-hybridized carbons (Fsp3) is 0.588. The molecule has 1 aliphatic heterocycles. The summed E-state index contributed by atoms with van der Waals surface area (Å²) >= 11 is 0. The second kappa shape index (κ2) is 5.57. The summed E-state index contributed by atoms with van der Waals surface area (Å²) in [6.07, 6.45) is 5.35. The SMILES string of the molecule is Cc1ccccc1C1(CNC(=O)CC2CCCN2)CC1. The first kappa shape index (κ1) is 13.6. The number of carbonyl (C=O) groups is 1. The average molecular weight is 272 g/mol. The van der Waals surface area contributed by atoms with Crippen molar-refractivity contribution in [2.24, 2.45) is 0 Å². The highest BCUT2D eigenvalue weighted by Crippen LogP contribution is 2.48. The van der Waals surface area contributed by atoms with Crippen molar-refractivity contribution in [3.05, 3.63) is 35.4 Å². The van der Waals surface area contributed by atoms with Gasteiger partial charge >= 0.3 is 0 Å². The van der Waals surface area contributed by atoms with Gasteiger partial charge in [-0.3, -0.25) is 4.79 Å². The van der Waals surface area contributed by atoms with Gasteiger partial charge in [-0.05, 0) is 50.3 Å². The Balaban J connectivity index is 1.55. The number of hydrogen-bond acceptors (Lipinski definition) is 2. The summed E-state index contributed by atoms with van der Waals surface area (Å²) in [6, 6.07) is 8.96. The molecule has 1 heterocycles. The van der Waals surface area contributed by atoms with Crippen LogP contribution in [0.2, 0.25) is 0 Å². The molecule has 1 amide bonds. The lowest BCUT2D eigenvalue weighted by molar-refractivity contribution is -0.121. The highest BCUT2D eigenvalue weighted by Gasteiger charge is 2.45. The number of hydrogen-bond donors (Lipinski definition) is 2. The van der Waals surface area contributed by atoms with Gasteiger partial charge in [0.1, 0.15) is 0 Å². The van der Waals surface area contributed by atoms with Gasteiger partial charge in [0.2, 0.25) is 5.91 Å². The zero-order valence-electron chi connectivity index (χ0n) is 12.2. The standard InChI is InChI=1S/C17H24N2O/c1-13-5-2-3-7-15(13)17(8-9-17)12-19-16(20)11-14-6-4-10-18-14/h2-3,5,7,14,18H,4,6,8-12H2,1H3,(H,19,20). The Labute approximate surface area is 121 Å². The maximum Gasteiger partial charge on any atom is 0.221 e. The summed E-state index contributed by atoms with van der Waals surface area (Å²) in [4.78, 5) is 12.0. The highest BCUT2D eigenvalue weighted by molar-refractivity contribution is 5.76. The molecule has 2 aliphatic rings. The Bertz CT molecular complexity index is 488. The number of rotatable bonds is 5. The van der Waals surface area contributed by atoms with Crippen LogP contribution in [0.1, 0.15) is 43.2 Å². The van der Waals surface area contributed by atoms with Crippen molar-refractivity contribution in [1.82, 2.24) is 10.6 Å². The summed E-state index contributed by atoms with van der Waals surface area (Å²) in [7, 11) is 0. The van der Waals surface area contributed by atoms with E-state index < -0.39 is 0 Å².